The lowest BCUT2D eigenvalue weighted by Crippen LogP contribution is -2.40. The Kier molecular flexibility index (Phi) is 4.91. The first kappa shape index (κ1) is 14.4. The maximum atomic E-state index is 11.3. The summed E-state index contributed by atoms with van der Waals surface area (Å²) in [4.78, 5) is 13.4. The summed E-state index contributed by atoms with van der Waals surface area (Å²) in [5.74, 6) is -0.741. The molecule has 5 nitrogen and oxygen atoms in total. The van der Waals surface area contributed by atoms with E-state index >= 15 is 0 Å². The van der Waals surface area contributed by atoms with Crippen LogP contribution in [0.15, 0.2) is 0 Å². The lowest BCUT2D eigenvalue weighted by molar-refractivity contribution is -0.149. The van der Waals surface area contributed by atoms with Crippen molar-refractivity contribution in [1.82, 2.24) is 4.90 Å². The van der Waals surface area contributed by atoms with Crippen LogP contribution in [0.1, 0.15) is 20.3 Å². The van der Waals surface area contributed by atoms with Gasteiger partial charge >= 0.3 is 5.97 Å². The Hall–Kier alpha value is -0.650. The zero-order chi connectivity index (χ0) is 13.1. The largest absolute Gasteiger partial charge is 0.481 e. The fraction of sp³-hybridized carbons (Fsp3) is 0.917. The number of rotatable bonds is 6. The predicted molar refractivity (Wildman–Crippen MR) is 64.1 cm³/mol. The van der Waals surface area contributed by atoms with Crippen LogP contribution >= 0.6 is 0 Å². The van der Waals surface area contributed by atoms with Gasteiger partial charge in [0.2, 0.25) is 0 Å². The Morgan fingerprint density at radius 3 is 2.12 bits per heavy atom. The molecule has 5 heteroatoms. The van der Waals surface area contributed by atoms with Crippen LogP contribution in [-0.2, 0) is 14.3 Å². The van der Waals surface area contributed by atoms with Crippen molar-refractivity contribution in [2.45, 2.75) is 32.5 Å². The van der Waals surface area contributed by atoms with E-state index in [2.05, 4.69) is 4.90 Å². The lowest BCUT2D eigenvalue weighted by atomic mass is 9.87. The van der Waals surface area contributed by atoms with E-state index in [4.69, 9.17) is 9.47 Å². The van der Waals surface area contributed by atoms with E-state index in [-0.39, 0.29) is 12.2 Å². The van der Waals surface area contributed by atoms with E-state index in [1.165, 1.54) is 0 Å². The van der Waals surface area contributed by atoms with E-state index in [0.717, 1.165) is 13.1 Å². The molecule has 1 N–H and O–H groups in total. The topological polar surface area (TPSA) is 59.0 Å². The molecule has 0 aromatic carbocycles. The molecule has 0 aromatic heterocycles. The molecule has 1 saturated heterocycles. The minimum absolute atomic E-state index is 0.0369. The predicted octanol–water partition coefficient (Wildman–Crippen LogP) is 0.833. The van der Waals surface area contributed by atoms with E-state index in [0.29, 0.717) is 13.0 Å². The average molecular weight is 245 g/mol. The third-order valence-corrected chi connectivity index (χ3v) is 3.77. The Bertz CT molecular complexity index is 259. The minimum Gasteiger partial charge on any atom is -0.481 e. The molecule has 3 atom stereocenters. The molecule has 0 aromatic rings. The molecule has 0 bridgehead atoms. The van der Waals surface area contributed by atoms with Crippen LogP contribution in [0.2, 0.25) is 0 Å². The summed E-state index contributed by atoms with van der Waals surface area (Å²) >= 11 is 0. The number of hydrogen-bond acceptors (Lipinski definition) is 4. The highest BCUT2D eigenvalue weighted by atomic mass is 16.5. The van der Waals surface area contributed by atoms with Crippen LogP contribution in [0.5, 0.6) is 0 Å². The summed E-state index contributed by atoms with van der Waals surface area (Å²) in [6.45, 7) is 5.71. The SMILES string of the molecule is CCC(C)(CN1CC(OC)C(OC)C1)C(=O)O. The number of carbonyl (C=O) groups is 1. The first-order valence-electron chi connectivity index (χ1n) is 5.98. The molecule has 1 aliphatic rings. The zero-order valence-electron chi connectivity index (χ0n) is 11.1. The van der Waals surface area contributed by atoms with Crippen LogP contribution in [0.4, 0.5) is 0 Å². The first-order valence-corrected chi connectivity index (χ1v) is 5.98. The van der Waals surface area contributed by atoms with Crippen LogP contribution in [-0.4, -0.2) is 62.0 Å². The number of nitrogens with zero attached hydrogens (tertiary/aromatic N) is 1. The van der Waals surface area contributed by atoms with Gasteiger partial charge in [-0.1, -0.05) is 6.92 Å². The van der Waals surface area contributed by atoms with E-state index in [1.54, 1.807) is 21.1 Å². The minimum atomic E-state index is -0.741. The molecule has 3 unspecified atom stereocenters. The maximum absolute atomic E-state index is 11.3. The van der Waals surface area contributed by atoms with Crippen LogP contribution in [0.3, 0.4) is 0 Å². The summed E-state index contributed by atoms with van der Waals surface area (Å²) in [6, 6.07) is 0. The van der Waals surface area contributed by atoms with E-state index < -0.39 is 11.4 Å². The molecule has 0 aliphatic carbocycles. The normalized spacial score (nSPS) is 29.2. The van der Waals surface area contributed by atoms with Gasteiger partial charge in [-0.3, -0.25) is 9.69 Å². The molecule has 0 amide bonds. The number of hydrogen-bond donors (Lipinski definition) is 1. The number of aliphatic carboxylic acids is 1. The standard InChI is InChI=1S/C12H23NO4/c1-5-12(2,11(14)15)8-13-6-9(16-3)10(7-13)17-4/h9-10H,5-8H2,1-4H3,(H,14,15). The second-order valence-electron chi connectivity index (χ2n) is 4.96. The van der Waals surface area contributed by atoms with Crippen molar-refractivity contribution in [3.8, 4) is 0 Å². The van der Waals surface area contributed by atoms with Gasteiger partial charge in [0.1, 0.15) is 0 Å². The quantitative estimate of drug-likeness (QED) is 0.751. The monoisotopic (exact) mass is 245 g/mol. The second kappa shape index (κ2) is 5.80. The van der Waals surface area contributed by atoms with Gasteiger partial charge in [-0.05, 0) is 13.3 Å². The number of carboxylic acid groups (broad SMARTS) is 1. The van der Waals surface area contributed by atoms with E-state index in [1.807, 2.05) is 6.92 Å². The highest BCUT2D eigenvalue weighted by molar-refractivity contribution is 5.74. The highest BCUT2D eigenvalue weighted by Crippen LogP contribution is 2.26. The lowest BCUT2D eigenvalue weighted by Gasteiger charge is -2.28. The van der Waals surface area contributed by atoms with Crippen molar-refractivity contribution < 1.29 is 19.4 Å². The Labute approximate surface area is 103 Å². The molecule has 0 saturated carbocycles. The van der Waals surface area contributed by atoms with Crippen molar-refractivity contribution in [2.75, 3.05) is 33.9 Å². The van der Waals surface area contributed by atoms with Crippen LogP contribution in [0, 0.1) is 5.41 Å². The molecule has 1 heterocycles. The van der Waals surface area contributed by atoms with Gasteiger partial charge in [-0.2, -0.15) is 0 Å². The number of methoxy groups -OCH3 is 2. The average Bonchev–Trinajstić information content (AvgIpc) is 2.70. The summed E-state index contributed by atoms with van der Waals surface area (Å²) < 4.78 is 10.7. The molecule has 1 fully saturated rings. The number of likely N-dealkylation sites (tertiary alicyclic amines) is 1. The van der Waals surface area contributed by atoms with Crippen molar-refractivity contribution in [3.63, 3.8) is 0 Å². The van der Waals surface area contributed by atoms with Gasteiger partial charge in [-0.25, -0.2) is 0 Å². The molecule has 17 heavy (non-hydrogen) atoms. The number of ether oxygens (including phenoxy) is 2. The Morgan fingerprint density at radius 2 is 1.82 bits per heavy atom. The van der Waals surface area contributed by atoms with Crippen LogP contribution < -0.4 is 0 Å². The Morgan fingerprint density at radius 1 is 1.35 bits per heavy atom. The van der Waals surface area contributed by atoms with Crippen molar-refractivity contribution in [3.05, 3.63) is 0 Å². The summed E-state index contributed by atoms with van der Waals surface area (Å²) in [7, 11) is 3.33. The maximum Gasteiger partial charge on any atom is 0.310 e. The molecule has 100 valence electrons. The van der Waals surface area contributed by atoms with E-state index in [9.17, 15) is 9.90 Å². The van der Waals surface area contributed by atoms with Crippen molar-refractivity contribution in [1.29, 1.82) is 0 Å². The zero-order valence-corrected chi connectivity index (χ0v) is 11.1. The van der Waals surface area contributed by atoms with Gasteiger partial charge in [0.05, 0.1) is 17.6 Å². The summed E-state index contributed by atoms with van der Waals surface area (Å²) in [6.07, 6.45) is 0.693. The van der Waals surface area contributed by atoms with Gasteiger partial charge in [0.25, 0.3) is 0 Å². The van der Waals surface area contributed by atoms with Gasteiger partial charge < -0.3 is 14.6 Å². The fourth-order valence-electron chi connectivity index (χ4n) is 2.22. The third kappa shape index (κ3) is 3.18. The highest BCUT2D eigenvalue weighted by Gasteiger charge is 2.39. The van der Waals surface area contributed by atoms with Crippen molar-refractivity contribution in [2.24, 2.45) is 5.41 Å². The van der Waals surface area contributed by atoms with Gasteiger partial charge in [-0.15, -0.1) is 0 Å². The molecular formula is C12H23NO4. The van der Waals surface area contributed by atoms with Crippen molar-refractivity contribution >= 4 is 5.97 Å². The second-order valence-corrected chi connectivity index (χ2v) is 4.96. The number of carboxylic acids is 1. The molecule has 1 rings (SSSR count). The smallest absolute Gasteiger partial charge is 0.310 e. The molecule has 0 radical (unpaired) electrons. The molecule has 1 aliphatic heterocycles. The summed E-state index contributed by atoms with van der Waals surface area (Å²) in [5.41, 5.74) is -0.694. The molecular weight excluding hydrogens is 222 g/mol. The first-order chi connectivity index (χ1) is 7.96. The van der Waals surface area contributed by atoms with Gasteiger partial charge in [0.15, 0.2) is 0 Å². The van der Waals surface area contributed by atoms with Crippen LogP contribution in [0.25, 0.3) is 0 Å². The fourth-order valence-corrected chi connectivity index (χ4v) is 2.22. The van der Waals surface area contributed by atoms with Gasteiger partial charge in [0, 0.05) is 33.9 Å². The third-order valence-electron chi connectivity index (χ3n) is 3.77. The summed E-state index contributed by atoms with van der Waals surface area (Å²) in [5, 5.41) is 9.25. The molecule has 0 spiro atoms. The Balaban J connectivity index is 2.62.